The number of carbonyl (C=O) groups excluding carboxylic acids is 2. The van der Waals surface area contributed by atoms with Gasteiger partial charge in [0.1, 0.15) is 5.75 Å². The van der Waals surface area contributed by atoms with Crippen molar-refractivity contribution in [1.82, 2.24) is 10.6 Å². The SMILES string of the molecule is CCOc1ccccc1CNC(=O)C=Cc1ccc(C(=O)NC)cc1. The summed E-state index contributed by atoms with van der Waals surface area (Å²) in [6.45, 7) is 2.90. The van der Waals surface area contributed by atoms with Crippen LogP contribution in [0.5, 0.6) is 5.75 Å². The van der Waals surface area contributed by atoms with E-state index in [1.54, 1.807) is 37.4 Å². The number of ether oxygens (including phenoxy) is 1. The lowest BCUT2D eigenvalue weighted by Gasteiger charge is -2.10. The Balaban J connectivity index is 1.92. The molecule has 25 heavy (non-hydrogen) atoms. The van der Waals surface area contributed by atoms with Crippen molar-refractivity contribution in [2.45, 2.75) is 13.5 Å². The Morgan fingerprint density at radius 3 is 2.48 bits per heavy atom. The minimum Gasteiger partial charge on any atom is -0.494 e. The number of hydrogen-bond donors (Lipinski definition) is 2. The minimum atomic E-state index is -0.193. The van der Waals surface area contributed by atoms with Crippen molar-refractivity contribution in [2.75, 3.05) is 13.7 Å². The van der Waals surface area contributed by atoms with E-state index in [2.05, 4.69) is 10.6 Å². The number of carbonyl (C=O) groups is 2. The second-order valence-corrected chi connectivity index (χ2v) is 5.29. The van der Waals surface area contributed by atoms with Crippen molar-refractivity contribution in [3.63, 3.8) is 0 Å². The van der Waals surface area contributed by atoms with E-state index in [4.69, 9.17) is 4.74 Å². The summed E-state index contributed by atoms with van der Waals surface area (Å²) in [6, 6.07) is 14.6. The van der Waals surface area contributed by atoms with Crippen LogP contribution in [-0.4, -0.2) is 25.5 Å². The van der Waals surface area contributed by atoms with E-state index >= 15 is 0 Å². The van der Waals surface area contributed by atoms with Crippen LogP contribution in [-0.2, 0) is 11.3 Å². The molecular weight excluding hydrogens is 316 g/mol. The predicted octanol–water partition coefficient (Wildman–Crippen LogP) is 2.77. The van der Waals surface area contributed by atoms with Gasteiger partial charge in [0.2, 0.25) is 5.91 Å². The van der Waals surface area contributed by atoms with Gasteiger partial charge in [-0.2, -0.15) is 0 Å². The van der Waals surface area contributed by atoms with E-state index in [0.29, 0.717) is 18.7 Å². The summed E-state index contributed by atoms with van der Waals surface area (Å²) < 4.78 is 5.54. The minimum absolute atomic E-state index is 0.138. The zero-order valence-electron chi connectivity index (χ0n) is 14.4. The van der Waals surface area contributed by atoms with E-state index in [-0.39, 0.29) is 11.8 Å². The van der Waals surface area contributed by atoms with Crippen LogP contribution in [0.2, 0.25) is 0 Å². The molecule has 2 amide bonds. The monoisotopic (exact) mass is 338 g/mol. The van der Waals surface area contributed by atoms with E-state index in [9.17, 15) is 9.59 Å². The fourth-order valence-electron chi connectivity index (χ4n) is 2.25. The molecule has 130 valence electrons. The average molecular weight is 338 g/mol. The molecule has 0 aliphatic carbocycles. The van der Waals surface area contributed by atoms with Crippen molar-refractivity contribution >= 4 is 17.9 Å². The first-order valence-corrected chi connectivity index (χ1v) is 8.12. The fraction of sp³-hybridized carbons (Fsp3) is 0.200. The number of amides is 2. The number of rotatable bonds is 7. The van der Waals surface area contributed by atoms with Gasteiger partial charge in [0.25, 0.3) is 5.91 Å². The summed E-state index contributed by atoms with van der Waals surface area (Å²) in [6.07, 6.45) is 3.18. The van der Waals surface area contributed by atoms with Crippen LogP contribution in [0.3, 0.4) is 0 Å². The normalized spacial score (nSPS) is 10.5. The Bertz CT molecular complexity index is 752. The second kappa shape index (κ2) is 9.27. The van der Waals surface area contributed by atoms with E-state index in [0.717, 1.165) is 16.9 Å². The fourth-order valence-corrected chi connectivity index (χ4v) is 2.25. The molecule has 5 heteroatoms. The van der Waals surface area contributed by atoms with Gasteiger partial charge in [-0.3, -0.25) is 9.59 Å². The van der Waals surface area contributed by atoms with Crippen molar-refractivity contribution < 1.29 is 14.3 Å². The maximum atomic E-state index is 12.0. The molecule has 5 nitrogen and oxygen atoms in total. The standard InChI is InChI=1S/C20H22N2O3/c1-3-25-18-7-5-4-6-17(18)14-22-19(23)13-10-15-8-11-16(12-9-15)20(24)21-2/h4-13H,3,14H2,1-2H3,(H,21,24)(H,22,23). The zero-order valence-corrected chi connectivity index (χ0v) is 14.4. The Morgan fingerprint density at radius 1 is 1.08 bits per heavy atom. The first-order chi connectivity index (χ1) is 12.1. The largest absolute Gasteiger partial charge is 0.494 e. The van der Waals surface area contributed by atoms with Gasteiger partial charge in [0, 0.05) is 30.8 Å². The van der Waals surface area contributed by atoms with Gasteiger partial charge in [0.15, 0.2) is 0 Å². The van der Waals surface area contributed by atoms with Crippen LogP contribution in [0.1, 0.15) is 28.4 Å². The molecular formula is C20H22N2O3. The molecule has 0 aliphatic rings. The third kappa shape index (κ3) is 5.49. The smallest absolute Gasteiger partial charge is 0.251 e. The molecule has 0 fully saturated rings. The van der Waals surface area contributed by atoms with Gasteiger partial charge in [-0.15, -0.1) is 0 Å². The average Bonchev–Trinajstić information content (AvgIpc) is 2.65. The molecule has 0 aliphatic heterocycles. The summed E-state index contributed by atoms with van der Waals surface area (Å²) in [5.74, 6) is 0.446. The highest BCUT2D eigenvalue weighted by Crippen LogP contribution is 2.17. The van der Waals surface area contributed by atoms with Crippen molar-refractivity contribution in [2.24, 2.45) is 0 Å². The maximum absolute atomic E-state index is 12.0. The maximum Gasteiger partial charge on any atom is 0.251 e. The molecule has 0 unspecified atom stereocenters. The Kier molecular flexibility index (Phi) is 6.77. The molecule has 2 rings (SSSR count). The van der Waals surface area contributed by atoms with Gasteiger partial charge >= 0.3 is 0 Å². The van der Waals surface area contributed by atoms with Gasteiger partial charge < -0.3 is 15.4 Å². The first-order valence-electron chi connectivity index (χ1n) is 8.12. The van der Waals surface area contributed by atoms with Crippen molar-refractivity contribution in [3.05, 3.63) is 71.3 Å². The molecule has 2 aromatic carbocycles. The third-order valence-corrected chi connectivity index (χ3v) is 3.55. The highest BCUT2D eigenvalue weighted by Gasteiger charge is 2.04. The summed E-state index contributed by atoms with van der Waals surface area (Å²) in [4.78, 5) is 23.5. The lowest BCUT2D eigenvalue weighted by atomic mass is 10.1. The number of benzene rings is 2. The van der Waals surface area contributed by atoms with Crippen LogP contribution in [0.25, 0.3) is 6.08 Å². The van der Waals surface area contributed by atoms with Crippen LogP contribution < -0.4 is 15.4 Å². The van der Waals surface area contributed by atoms with Crippen LogP contribution in [0, 0.1) is 0 Å². The first kappa shape index (κ1) is 18.3. The molecule has 0 aromatic heterocycles. The Hall–Kier alpha value is -3.08. The molecule has 0 saturated heterocycles. The van der Waals surface area contributed by atoms with Gasteiger partial charge in [-0.25, -0.2) is 0 Å². The Morgan fingerprint density at radius 2 is 1.80 bits per heavy atom. The molecule has 0 bridgehead atoms. The van der Waals surface area contributed by atoms with Crippen LogP contribution >= 0.6 is 0 Å². The molecule has 2 aromatic rings. The van der Waals surface area contributed by atoms with Gasteiger partial charge in [-0.05, 0) is 36.8 Å². The van der Waals surface area contributed by atoms with Crippen molar-refractivity contribution in [1.29, 1.82) is 0 Å². The van der Waals surface area contributed by atoms with Crippen LogP contribution in [0.4, 0.5) is 0 Å². The zero-order chi connectivity index (χ0) is 18.1. The van der Waals surface area contributed by atoms with Gasteiger partial charge in [-0.1, -0.05) is 30.3 Å². The quantitative estimate of drug-likeness (QED) is 0.763. The second-order valence-electron chi connectivity index (χ2n) is 5.29. The van der Waals surface area contributed by atoms with E-state index in [1.807, 2.05) is 31.2 Å². The number of hydrogen-bond acceptors (Lipinski definition) is 3. The summed E-state index contributed by atoms with van der Waals surface area (Å²) >= 11 is 0. The van der Waals surface area contributed by atoms with E-state index < -0.39 is 0 Å². The van der Waals surface area contributed by atoms with Gasteiger partial charge in [0.05, 0.1) is 6.61 Å². The summed E-state index contributed by atoms with van der Waals surface area (Å²) in [5.41, 5.74) is 2.36. The molecule has 2 N–H and O–H groups in total. The van der Waals surface area contributed by atoms with Crippen molar-refractivity contribution in [3.8, 4) is 5.75 Å². The highest BCUT2D eigenvalue weighted by atomic mass is 16.5. The molecule has 0 saturated carbocycles. The molecule has 0 radical (unpaired) electrons. The predicted molar refractivity (Wildman–Crippen MR) is 98.3 cm³/mol. The summed E-state index contributed by atoms with van der Waals surface area (Å²) in [7, 11) is 1.59. The highest BCUT2D eigenvalue weighted by molar-refractivity contribution is 5.94. The Labute approximate surface area is 147 Å². The molecule has 0 heterocycles. The number of para-hydroxylation sites is 1. The third-order valence-electron chi connectivity index (χ3n) is 3.55. The lowest BCUT2D eigenvalue weighted by Crippen LogP contribution is -2.20. The van der Waals surface area contributed by atoms with E-state index in [1.165, 1.54) is 6.08 Å². The molecule has 0 atom stereocenters. The van der Waals surface area contributed by atoms with Crippen LogP contribution in [0.15, 0.2) is 54.6 Å². The number of nitrogens with one attached hydrogen (secondary N) is 2. The lowest BCUT2D eigenvalue weighted by molar-refractivity contribution is -0.116. The topological polar surface area (TPSA) is 67.4 Å². The molecule has 0 spiro atoms. The summed E-state index contributed by atoms with van der Waals surface area (Å²) in [5, 5.41) is 5.40.